The van der Waals surface area contributed by atoms with Crippen LogP contribution in [-0.4, -0.2) is 16.2 Å². The fourth-order valence-corrected chi connectivity index (χ4v) is 1.46. The van der Waals surface area contributed by atoms with Gasteiger partial charge in [0.25, 0.3) is 0 Å². The van der Waals surface area contributed by atoms with E-state index in [4.69, 9.17) is 27.9 Å². The number of benzene rings is 1. The van der Waals surface area contributed by atoms with Crippen LogP contribution in [0.25, 0.3) is 0 Å². The summed E-state index contributed by atoms with van der Waals surface area (Å²) in [5.74, 6) is -0.547. The Labute approximate surface area is 114 Å². The van der Waals surface area contributed by atoms with Gasteiger partial charge in [0, 0.05) is 5.02 Å². The van der Waals surface area contributed by atoms with Gasteiger partial charge in [-0.25, -0.2) is 4.79 Å². The summed E-state index contributed by atoms with van der Waals surface area (Å²) in [6, 6.07) is 9.96. The van der Waals surface area contributed by atoms with Crippen LogP contribution in [-0.2, 0) is 11.3 Å². The molecule has 0 bridgehead atoms. The minimum absolute atomic E-state index is 0.119. The van der Waals surface area contributed by atoms with E-state index in [1.54, 1.807) is 24.3 Å². The molecule has 1 heterocycles. The van der Waals surface area contributed by atoms with E-state index in [2.05, 4.69) is 10.2 Å². The van der Waals surface area contributed by atoms with Crippen molar-refractivity contribution in [3.8, 4) is 0 Å². The van der Waals surface area contributed by atoms with Crippen LogP contribution in [0.15, 0.2) is 36.4 Å². The largest absolute Gasteiger partial charge is 0.456 e. The average Bonchev–Trinajstić information content (AvgIpc) is 2.38. The van der Waals surface area contributed by atoms with Crippen LogP contribution >= 0.6 is 23.2 Å². The van der Waals surface area contributed by atoms with E-state index < -0.39 is 5.97 Å². The zero-order valence-electron chi connectivity index (χ0n) is 9.14. The molecule has 0 amide bonds. The lowest BCUT2D eigenvalue weighted by Crippen LogP contribution is -2.08. The zero-order valence-corrected chi connectivity index (χ0v) is 10.6. The molecule has 0 aliphatic rings. The van der Waals surface area contributed by atoms with Crippen LogP contribution in [0.4, 0.5) is 0 Å². The lowest BCUT2D eigenvalue weighted by molar-refractivity contribution is 0.0464. The molecular weight excluding hydrogens is 275 g/mol. The van der Waals surface area contributed by atoms with Crippen molar-refractivity contribution in [3.63, 3.8) is 0 Å². The number of nitrogens with zero attached hydrogens (tertiary/aromatic N) is 2. The van der Waals surface area contributed by atoms with Crippen LogP contribution < -0.4 is 0 Å². The van der Waals surface area contributed by atoms with Gasteiger partial charge >= 0.3 is 5.97 Å². The Morgan fingerprint density at radius 1 is 1.06 bits per heavy atom. The molecule has 1 aromatic heterocycles. The van der Waals surface area contributed by atoms with Gasteiger partial charge in [0.1, 0.15) is 6.61 Å². The topological polar surface area (TPSA) is 52.1 Å². The molecule has 0 saturated heterocycles. The Morgan fingerprint density at radius 2 is 1.78 bits per heavy atom. The molecular formula is C12H8Cl2N2O2. The summed E-state index contributed by atoms with van der Waals surface area (Å²) in [6.07, 6.45) is 0. The standard InChI is InChI=1S/C12H8Cl2N2O2/c13-9-3-1-8(2-4-9)7-18-12(17)10-5-6-11(14)16-15-10/h1-6H,7H2. The maximum absolute atomic E-state index is 11.6. The molecule has 0 atom stereocenters. The van der Waals surface area contributed by atoms with E-state index in [9.17, 15) is 4.79 Å². The summed E-state index contributed by atoms with van der Waals surface area (Å²) in [5, 5.41) is 8.05. The van der Waals surface area contributed by atoms with Gasteiger partial charge in [0.2, 0.25) is 0 Å². The summed E-state index contributed by atoms with van der Waals surface area (Å²) in [6.45, 7) is 0.153. The molecule has 0 saturated carbocycles. The molecule has 4 nitrogen and oxygen atoms in total. The number of rotatable bonds is 3. The van der Waals surface area contributed by atoms with Crippen molar-refractivity contribution in [2.45, 2.75) is 6.61 Å². The summed E-state index contributed by atoms with van der Waals surface area (Å²) < 4.78 is 5.07. The van der Waals surface area contributed by atoms with Crippen LogP contribution in [0.2, 0.25) is 10.2 Å². The first-order chi connectivity index (χ1) is 8.65. The van der Waals surface area contributed by atoms with Crippen molar-refractivity contribution >= 4 is 29.2 Å². The molecule has 0 aliphatic heterocycles. The molecule has 0 spiro atoms. The normalized spacial score (nSPS) is 10.1. The van der Waals surface area contributed by atoms with Crippen molar-refractivity contribution in [1.29, 1.82) is 0 Å². The van der Waals surface area contributed by atoms with E-state index >= 15 is 0 Å². The highest BCUT2D eigenvalue weighted by Crippen LogP contribution is 2.11. The molecule has 0 unspecified atom stereocenters. The first-order valence-electron chi connectivity index (χ1n) is 5.06. The Hall–Kier alpha value is -1.65. The average molecular weight is 283 g/mol. The highest BCUT2D eigenvalue weighted by molar-refractivity contribution is 6.30. The third-order valence-electron chi connectivity index (χ3n) is 2.12. The quantitative estimate of drug-likeness (QED) is 0.812. The molecule has 2 rings (SSSR count). The second kappa shape index (κ2) is 5.80. The summed E-state index contributed by atoms with van der Waals surface area (Å²) >= 11 is 11.3. The Balaban J connectivity index is 1.96. The van der Waals surface area contributed by atoms with E-state index in [1.165, 1.54) is 12.1 Å². The number of esters is 1. The fraction of sp³-hybridized carbons (Fsp3) is 0.0833. The minimum atomic E-state index is -0.547. The molecule has 18 heavy (non-hydrogen) atoms. The highest BCUT2D eigenvalue weighted by atomic mass is 35.5. The van der Waals surface area contributed by atoms with Gasteiger partial charge in [0.05, 0.1) is 0 Å². The number of carbonyl (C=O) groups excluding carboxylic acids is 1. The maximum atomic E-state index is 11.6. The maximum Gasteiger partial charge on any atom is 0.359 e. The van der Waals surface area contributed by atoms with Crippen molar-refractivity contribution < 1.29 is 9.53 Å². The van der Waals surface area contributed by atoms with Gasteiger partial charge in [-0.15, -0.1) is 10.2 Å². The second-order valence-electron chi connectivity index (χ2n) is 3.44. The van der Waals surface area contributed by atoms with E-state index in [0.29, 0.717) is 5.02 Å². The Kier molecular flexibility index (Phi) is 4.12. The lowest BCUT2D eigenvalue weighted by Gasteiger charge is -2.04. The van der Waals surface area contributed by atoms with Gasteiger partial charge in [-0.3, -0.25) is 0 Å². The molecule has 92 valence electrons. The van der Waals surface area contributed by atoms with Crippen molar-refractivity contribution in [3.05, 3.63) is 57.8 Å². The van der Waals surface area contributed by atoms with Gasteiger partial charge in [-0.1, -0.05) is 35.3 Å². The lowest BCUT2D eigenvalue weighted by atomic mass is 10.2. The van der Waals surface area contributed by atoms with Crippen LogP contribution in [0.3, 0.4) is 0 Å². The molecule has 0 aliphatic carbocycles. The summed E-state index contributed by atoms with van der Waals surface area (Å²) in [7, 11) is 0. The van der Waals surface area contributed by atoms with Crippen LogP contribution in [0, 0.1) is 0 Å². The number of carbonyl (C=O) groups is 1. The predicted octanol–water partition coefficient (Wildman–Crippen LogP) is 3.14. The summed E-state index contributed by atoms with van der Waals surface area (Å²) in [4.78, 5) is 11.6. The number of hydrogen-bond acceptors (Lipinski definition) is 4. The monoisotopic (exact) mass is 282 g/mol. The Bertz CT molecular complexity index is 541. The number of halogens is 2. The van der Waals surface area contributed by atoms with Gasteiger partial charge < -0.3 is 4.74 Å². The molecule has 1 aromatic carbocycles. The van der Waals surface area contributed by atoms with E-state index in [-0.39, 0.29) is 17.5 Å². The first kappa shape index (κ1) is 12.8. The van der Waals surface area contributed by atoms with E-state index in [0.717, 1.165) is 5.56 Å². The fourth-order valence-electron chi connectivity index (χ4n) is 1.23. The van der Waals surface area contributed by atoms with Gasteiger partial charge in [-0.2, -0.15) is 0 Å². The molecule has 0 fully saturated rings. The molecule has 0 radical (unpaired) electrons. The molecule has 6 heteroatoms. The third-order valence-corrected chi connectivity index (χ3v) is 2.58. The third kappa shape index (κ3) is 3.42. The SMILES string of the molecule is O=C(OCc1ccc(Cl)cc1)c1ccc(Cl)nn1. The van der Waals surface area contributed by atoms with Gasteiger partial charge in [0.15, 0.2) is 10.8 Å². The first-order valence-corrected chi connectivity index (χ1v) is 5.81. The second-order valence-corrected chi connectivity index (χ2v) is 4.27. The van der Waals surface area contributed by atoms with Crippen LogP contribution in [0.1, 0.15) is 16.1 Å². The van der Waals surface area contributed by atoms with Crippen molar-refractivity contribution in [2.75, 3.05) is 0 Å². The number of ether oxygens (including phenoxy) is 1. The minimum Gasteiger partial charge on any atom is -0.456 e. The van der Waals surface area contributed by atoms with Gasteiger partial charge in [-0.05, 0) is 29.8 Å². The number of hydrogen-bond donors (Lipinski definition) is 0. The highest BCUT2D eigenvalue weighted by Gasteiger charge is 2.09. The van der Waals surface area contributed by atoms with Crippen LogP contribution in [0.5, 0.6) is 0 Å². The Morgan fingerprint density at radius 3 is 2.39 bits per heavy atom. The smallest absolute Gasteiger partial charge is 0.359 e. The predicted molar refractivity (Wildman–Crippen MR) is 67.6 cm³/mol. The zero-order chi connectivity index (χ0) is 13.0. The van der Waals surface area contributed by atoms with Crippen molar-refractivity contribution in [1.82, 2.24) is 10.2 Å². The summed E-state index contributed by atoms with van der Waals surface area (Å²) in [5.41, 5.74) is 0.961. The molecule has 2 aromatic rings. The number of aromatic nitrogens is 2. The van der Waals surface area contributed by atoms with E-state index in [1.807, 2.05) is 0 Å². The molecule has 0 N–H and O–H groups in total. The van der Waals surface area contributed by atoms with Crippen molar-refractivity contribution in [2.24, 2.45) is 0 Å².